The van der Waals surface area contributed by atoms with Gasteiger partial charge in [0.1, 0.15) is 12.4 Å². The number of nitrogens with one attached hydrogen (secondary N) is 1. The number of methoxy groups -OCH3 is 1. The Morgan fingerprint density at radius 3 is 2.77 bits per heavy atom. The molecule has 1 N–H and O–H groups in total. The topological polar surface area (TPSA) is 94.9 Å². The number of rotatable bonds is 7. The monoisotopic (exact) mass is 437 g/mol. The van der Waals surface area contributed by atoms with Crippen molar-refractivity contribution in [1.82, 2.24) is 24.7 Å². The van der Waals surface area contributed by atoms with Gasteiger partial charge in [-0.3, -0.25) is 4.79 Å². The van der Waals surface area contributed by atoms with Crippen LogP contribution in [0.2, 0.25) is 0 Å². The quantitative estimate of drug-likeness (QED) is 0.439. The number of hydrogen-bond donors (Lipinski definition) is 1. The van der Waals surface area contributed by atoms with Crippen LogP contribution < -0.4 is 15.0 Å². The zero-order valence-electron chi connectivity index (χ0n) is 17.7. The third kappa shape index (κ3) is 4.41. The number of H-pyrrole nitrogens is 1. The van der Waals surface area contributed by atoms with Crippen molar-refractivity contribution in [1.29, 1.82) is 0 Å². The van der Waals surface area contributed by atoms with E-state index in [2.05, 4.69) is 20.2 Å². The number of aromatic amines is 1. The van der Waals surface area contributed by atoms with Gasteiger partial charge in [-0.1, -0.05) is 30.0 Å². The summed E-state index contributed by atoms with van der Waals surface area (Å²) in [6, 6.07) is 13.1. The highest BCUT2D eigenvalue weighted by molar-refractivity contribution is 7.99. The normalized spacial score (nSPS) is 12.1. The van der Waals surface area contributed by atoms with Crippen molar-refractivity contribution in [3.63, 3.8) is 0 Å². The van der Waals surface area contributed by atoms with E-state index in [0.717, 1.165) is 5.56 Å². The van der Waals surface area contributed by atoms with Gasteiger partial charge in [0.2, 0.25) is 0 Å². The predicted molar refractivity (Wildman–Crippen MR) is 120 cm³/mol. The molecule has 0 bridgehead atoms. The standard InChI is InChI=1S/C22H23N5O3S/c1-13-9-10-17(18(11-13)29-4)30-12-19-25-26-22(27(19)3)31-14(2)20-23-16-8-6-5-7-15(16)21(28)24-20/h5-11,14H,12H2,1-4H3,(H,23,24,28). The van der Waals surface area contributed by atoms with Gasteiger partial charge >= 0.3 is 0 Å². The Hall–Kier alpha value is -3.33. The van der Waals surface area contributed by atoms with Gasteiger partial charge in [-0.2, -0.15) is 0 Å². The summed E-state index contributed by atoms with van der Waals surface area (Å²) >= 11 is 1.47. The third-order valence-corrected chi connectivity index (χ3v) is 6.04. The smallest absolute Gasteiger partial charge is 0.258 e. The van der Waals surface area contributed by atoms with Crippen molar-refractivity contribution in [2.24, 2.45) is 7.05 Å². The van der Waals surface area contributed by atoms with E-state index in [1.807, 2.05) is 61.9 Å². The second kappa shape index (κ2) is 8.81. The van der Waals surface area contributed by atoms with Crippen LogP contribution in [-0.2, 0) is 13.7 Å². The van der Waals surface area contributed by atoms with Gasteiger partial charge in [-0.15, -0.1) is 10.2 Å². The number of fused-ring (bicyclic) bond motifs is 1. The minimum Gasteiger partial charge on any atom is -0.493 e. The lowest BCUT2D eigenvalue weighted by atomic mass is 10.2. The summed E-state index contributed by atoms with van der Waals surface area (Å²) in [6.07, 6.45) is 0. The number of nitrogens with zero attached hydrogens (tertiary/aromatic N) is 4. The zero-order chi connectivity index (χ0) is 22.0. The molecule has 9 heteroatoms. The Morgan fingerprint density at radius 1 is 1.16 bits per heavy atom. The second-order valence-electron chi connectivity index (χ2n) is 7.13. The molecule has 1 atom stereocenters. The Kier molecular flexibility index (Phi) is 5.94. The molecule has 31 heavy (non-hydrogen) atoms. The van der Waals surface area contributed by atoms with Crippen LogP contribution in [-0.4, -0.2) is 31.8 Å². The van der Waals surface area contributed by atoms with Crippen molar-refractivity contribution < 1.29 is 9.47 Å². The lowest BCUT2D eigenvalue weighted by molar-refractivity contribution is 0.272. The molecule has 4 aromatic rings. The lowest BCUT2D eigenvalue weighted by Crippen LogP contribution is -2.13. The highest BCUT2D eigenvalue weighted by Gasteiger charge is 2.18. The molecule has 160 valence electrons. The van der Waals surface area contributed by atoms with Gasteiger partial charge < -0.3 is 19.0 Å². The highest BCUT2D eigenvalue weighted by Crippen LogP contribution is 2.32. The Labute approximate surface area is 183 Å². The average Bonchev–Trinajstić information content (AvgIpc) is 3.11. The summed E-state index contributed by atoms with van der Waals surface area (Å²) in [6.45, 7) is 4.22. The maximum Gasteiger partial charge on any atom is 0.258 e. The predicted octanol–water partition coefficient (Wildman–Crippen LogP) is 3.80. The first kappa shape index (κ1) is 20.9. The molecular formula is C22H23N5O3S. The number of hydrogen-bond acceptors (Lipinski definition) is 7. The molecule has 0 radical (unpaired) electrons. The minimum atomic E-state index is -0.146. The maximum absolute atomic E-state index is 12.4. The van der Waals surface area contributed by atoms with Crippen LogP contribution in [0.25, 0.3) is 10.9 Å². The van der Waals surface area contributed by atoms with Gasteiger partial charge in [-0.25, -0.2) is 4.98 Å². The van der Waals surface area contributed by atoms with E-state index < -0.39 is 0 Å². The molecule has 4 rings (SSSR count). The molecule has 2 aromatic heterocycles. The Morgan fingerprint density at radius 2 is 1.97 bits per heavy atom. The van der Waals surface area contributed by atoms with Crippen molar-refractivity contribution in [2.75, 3.05) is 7.11 Å². The van der Waals surface area contributed by atoms with Crippen molar-refractivity contribution in [3.05, 3.63) is 70.0 Å². The molecule has 0 saturated heterocycles. The molecule has 0 aliphatic rings. The number of aryl methyl sites for hydroxylation is 1. The molecule has 8 nitrogen and oxygen atoms in total. The molecule has 0 aliphatic carbocycles. The number of aromatic nitrogens is 5. The van der Waals surface area contributed by atoms with Crippen LogP contribution in [0.4, 0.5) is 0 Å². The molecule has 0 amide bonds. The molecule has 0 saturated carbocycles. The summed E-state index contributed by atoms with van der Waals surface area (Å²) in [4.78, 5) is 19.8. The number of para-hydroxylation sites is 1. The number of benzene rings is 2. The summed E-state index contributed by atoms with van der Waals surface area (Å²) < 4.78 is 13.2. The molecular weight excluding hydrogens is 414 g/mol. The maximum atomic E-state index is 12.4. The summed E-state index contributed by atoms with van der Waals surface area (Å²) in [5.41, 5.74) is 1.62. The van der Waals surface area contributed by atoms with Gasteiger partial charge in [0.05, 0.1) is 23.3 Å². The van der Waals surface area contributed by atoms with E-state index in [9.17, 15) is 4.79 Å². The van der Waals surface area contributed by atoms with Crippen LogP contribution in [0.3, 0.4) is 0 Å². The van der Waals surface area contributed by atoms with Crippen LogP contribution in [0, 0.1) is 6.92 Å². The van der Waals surface area contributed by atoms with E-state index in [-0.39, 0.29) is 17.4 Å². The van der Waals surface area contributed by atoms with E-state index in [0.29, 0.717) is 39.2 Å². The summed E-state index contributed by atoms with van der Waals surface area (Å²) in [7, 11) is 3.50. The van der Waals surface area contributed by atoms with Crippen LogP contribution in [0.5, 0.6) is 11.5 Å². The zero-order valence-corrected chi connectivity index (χ0v) is 18.6. The van der Waals surface area contributed by atoms with Crippen LogP contribution in [0.1, 0.15) is 29.4 Å². The van der Waals surface area contributed by atoms with Crippen molar-refractivity contribution in [3.8, 4) is 11.5 Å². The van der Waals surface area contributed by atoms with E-state index in [1.165, 1.54) is 11.8 Å². The third-order valence-electron chi connectivity index (χ3n) is 4.90. The number of ether oxygens (including phenoxy) is 2. The Bertz CT molecular complexity index is 1280. The largest absolute Gasteiger partial charge is 0.493 e. The van der Waals surface area contributed by atoms with Crippen LogP contribution in [0.15, 0.2) is 52.4 Å². The first-order chi connectivity index (χ1) is 15.0. The fourth-order valence-corrected chi connectivity index (χ4v) is 4.01. The summed E-state index contributed by atoms with van der Waals surface area (Å²) in [5, 5.41) is 9.70. The molecule has 0 fully saturated rings. The number of thioether (sulfide) groups is 1. The molecule has 2 aromatic carbocycles. The first-order valence-electron chi connectivity index (χ1n) is 9.77. The van der Waals surface area contributed by atoms with Gasteiger partial charge in [0.25, 0.3) is 5.56 Å². The van der Waals surface area contributed by atoms with E-state index in [4.69, 9.17) is 9.47 Å². The van der Waals surface area contributed by atoms with E-state index >= 15 is 0 Å². The van der Waals surface area contributed by atoms with Gasteiger partial charge in [-0.05, 0) is 43.7 Å². The average molecular weight is 438 g/mol. The van der Waals surface area contributed by atoms with Gasteiger partial charge in [0.15, 0.2) is 22.5 Å². The SMILES string of the molecule is COc1cc(C)ccc1OCc1nnc(SC(C)c2nc3ccccc3c(=O)[nH]2)n1C. The highest BCUT2D eigenvalue weighted by atomic mass is 32.2. The molecule has 0 aliphatic heterocycles. The first-order valence-corrected chi connectivity index (χ1v) is 10.7. The van der Waals surface area contributed by atoms with Crippen LogP contribution >= 0.6 is 11.8 Å². The lowest BCUT2D eigenvalue weighted by Gasteiger charge is -2.12. The second-order valence-corrected chi connectivity index (χ2v) is 8.44. The fourth-order valence-electron chi connectivity index (χ4n) is 3.12. The molecule has 1 unspecified atom stereocenters. The van der Waals surface area contributed by atoms with Gasteiger partial charge in [0, 0.05) is 7.05 Å². The molecule has 2 heterocycles. The Balaban J connectivity index is 1.49. The summed E-state index contributed by atoms with van der Waals surface area (Å²) in [5.74, 6) is 2.60. The molecule has 0 spiro atoms. The van der Waals surface area contributed by atoms with E-state index in [1.54, 1.807) is 13.2 Å². The van der Waals surface area contributed by atoms with Crippen molar-refractivity contribution >= 4 is 22.7 Å². The van der Waals surface area contributed by atoms with Crippen molar-refractivity contribution in [2.45, 2.75) is 30.9 Å². The minimum absolute atomic E-state index is 0.119. The fraction of sp³-hybridized carbons (Fsp3) is 0.273.